The van der Waals surface area contributed by atoms with Crippen LogP contribution in [0.2, 0.25) is 0 Å². The molecule has 2 aromatic rings. The fourth-order valence-corrected chi connectivity index (χ4v) is 3.09. The molecule has 1 aliphatic rings. The molecule has 3 rings (SSSR count). The Balaban J connectivity index is 1.72. The maximum atomic E-state index is 13.7. The molecule has 1 aromatic carbocycles. The van der Waals surface area contributed by atoms with E-state index in [1.807, 2.05) is 0 Å². The maximum absolute atomic E-state index is 13.7. The summed E-state index contributed by atoms with van der Waals surface area (Å²) in [6.07, 6.45) is 4.19. The lowest BCUT2D eigenvalue weighted by Crippen LogP contribution is -2.39. The topological polar surface area (TPSA) is 62.4 Å². The highest BCUT2D eigenvalue weighted by Gasteiger charge is 2.24. The van der Waals surface area contributed by atoms with Crippen molar-refractivity contribution in [1.29, 1.82) is 0 Å². The lowest BCUT2D eigenvalue weighted by Gasteiger charge is -2.34. The van der Waals surface area contributed by atoms with E-state index in [-0.39, 0.29) is 12.4 Å². The van der Waals surface area contributed by atoms with Crippen molar-refractivity contribution < 1.29 is 14.0 Å². The minimum absolute atomic E-state index is 0.193. The molecule has 23 heavy (non-hydrogen) atoms. The number of hydrogen-bond acceptors (Lipinski definition) is 5. The lowest BCUT2D eigenvalue weighted by molar-refractivity contribution is 0.100. The molecule has 1 atom stereocenters. The fraction of sp³-hybridized carbons (Fsp3) is 0.529. The molecule has 1 N–H and O–H groups in total. The molecule has 0 saturated carbocycles. The Kier molecular flexibility index (Phi) is 5.03. The monoisotopic (exact) mass is 319 g/mol. The Labute approximate surface area is 135 Å². The first-order chi connectivity index (χ1) is 11.2. The minimum Gasteiger partial charge on any atom is -0.396 e. The van der Waals surface area contributed by atoms with Crippen LogP contribution in [-0.2, 0) is 6.54 Å². The molecule has 0 spiro atoms. The largest absolute Gasteiger partial charge is 0.396 e. The van der Waals surface area contributed by atoms with Crippen molar-refractivity contribution in [2.24, 2.45) is 0 Å². The third-order valence-electron chi connectivity index (χ3n) is 4.45. The van der Waals surface area contributed by atoms with Gasteiger partial charge in [-0.2, -0.15) is 4.98 Å². The molecule has 5 nitrogen and oxygen atoms in total. The molecule has 2 heterocycles. The van der Waals surface area contributed by atoms with E-state index in [0.717, 1.165) is 25.8 Å². The number of piperidine rings is 1. The van der Waals surface area contributed by atoms with Gasteiger partial charge in [-0.25, -0.2) is 4.39 Å². The van der Waals surface area contributed by atoms with Gasteiger partial charge in [0.2, 0.25) is 11.7 Å². The average Bonchev–Trinajstić information content (AvgIpc) is 3.01. The molecular weight excluding hydrogens is 297 g/mol. The number of rotatable bonds is 5. The first kappa shape index (κ1) is 16.1. The predicted molar refractivity (Wildman–Crippen MR) is 84.2 cm³/mol. The van der Waals surface area contributed by atoms with Crippen molar-refractivity contribution in [1.82, 2.24) is 15.0 Å². The summed E-state index contributed by atoms with van der Waals surface area (Å²) >= 11 is 0. The van der Waals surface area contributed by atoms with Gasteiger partial charge in [0.1, 0.15) is 5.82 Å². The molecule has 0 aliphatic carbocycles. The van der Waals surface area contributed by atoms with Gasteiger partial charge in [-0.3, -0.25) is 4.90 Å². The maximum Gasteiger partial charge on any atom is 0.241 e. The van der Waals surface area contributed by atoms with Gasteiger partial charge < -0.3 is 9.63 Å². The molecular formula is C17H22FN3O2. The van der Waals surface area contributed by atoms with E-state index in [9.17, 15) is 9.50 Å². The summed E-state index contributed by atoms with van der Waals surface area (Å²) in [6, 6.07) is 5.30. The van der Waals surface area contributed by atoms with Gasteiger partial charge in [0.15, 0.2) is 0 Å². The van der Waals surface area contributed by atoms with Gasteiger partial charge in [0.05, 0.1) is 6.54 Å². The van der Waals surface area contributed by atoms with Crippen LogP contribution in [0.5, 0.6) is 0 Å². The summed E-state index contributed by atoms with van der Waals surface area (Å²) in [7, 11) is 0. The quantitative estimate of drug-likeness (QED) is 0.918. The van der Waals surface area contributed by atoms with E-state index < -0.39 is 0 Å². The molecule has 0 amide bonds. The number of aliphatic hydroxyl groups is 1. The smallest absolute Gasteiger partial charge is 0.241 e. The molecule has 1 aromatic heterocycles. The minimum atomic E-state index is -0.270. The second-order valence-electron chi connectivity index (χ2n) is 6.11. The van der Waals surface area contributed by atoms with E-state index in [0.29, 0.717) is 35.4 Å². The van der Waals surface area contributed by atoms with E-state index in [2.05, 4.69) is 15.0 Å². The summed E-state index contributed by atoms with van der Waals surface area (Å²) in [5.74, 6) is 0.674. The highest BCUT2D eigenvalue weighted by atomic mass is 19.1. The Morgan fingerprint density at radius 1 is 1.39 bits per heavy atom. The molecule has 0 radical (unpaired) electrons. The average molecular weight is 319 g/mol. The second-order valence-corrected chi connectivity index (χ2v) is 6.11. The number of aromatic nitrogens is 2. The standard InChI is InChI=1S/C17H22FN3O2/c1-12-5-6-13(10-15(12)18)17-19-16(23-20-17)11-21-8-3-2-4-14(21)7-9-22/h5-6,10,14,22H,2-4,7-9,11H2,1H3/t14-/m1/s1. The summed E-state index contributed by atoms with van der Waals surface area (Å²) in [6.45, 7) is 3.46. The number of aryl methyl sites for hydroxylation is 1. The van der Waals surface area contributed by atoms with Crippen LogP contribution in [0.1, 0.15) is 37.1 Å². The molecule has 1 fully saturated rings. The Hall–Kier alpha value is -1.79. The molecule has 124 valence electrons. The van der Waals surface area contributed by atoms with Crippen molar-refractivity contribution in [3.8, 4) is 11.4 Å². The van der Waals surface area contributed by atoms with E-state index in [1.165, 1.54) is 12.5 Å². The highest BCUT2D eigenvalue weighted by molar-refractivity contribution is 5.54. The number of benzene rings is 1. The molecule has 1 aliphatic heterocycles. The molecule has 0 bridgehead atoms. The predicted octanol–water partition coefficient (Wildman–Crippen LogP) is 2.92. The van der Waals surface area contributed by atoms with Gasteiger partial charge in [-0.1, -0.05) is 23.7 Å². The van der Waals surface area contributed by atoms with Gasteiger partial charge in [-0.15, -0.1) is 0 Å². The van der Waals surface area contributed by atoms with E-state index >= 15 is 0 Å². The summed E-state index contributed by atoms with van der Waals surface area (Å²) < 4.78 is 19.0. The zero-order valence-electron chi connectivity index (χ0n) is 13.3. The van der Waals surface area contributed by atoms with Crippen LogP contribution in [0.15, 0.2) is 22.7 Å². The van der Waals surface area contributed by atoms with Crippen molar-refractivity contribution in [2.45, 2.75) is 45.2 Å². The summed E-state index contributed by atoms with van der Waals surface area (Å²) in [4.78, 5) is 6.68. The SMILES string of the molecule is Cc1ccc(-c2noc(CN3CCCC[C@@H]3CCO)n2)cc1F. The number of halogens is 1. The number of nitrogens with zero attached hydrogens (tertiary/aromatic N) is 3. The van der Waals surface area contributed by atoms with Crippen molar-refractivity contribution in [3.05, 3.63) is 35.5 Å². The summed E-state index contributed by atoms with van der Waals surface area (Å²) in [5.41, 5.74) is 1.21. The van der Waals surface area contributed by atoms with Crippen LogP contribution in [0.4, 0.5) is 4.39 Å². The number of aliphatic hydroxyl groups excluding tert-OH is 1. The van der Waals surface area contributed by atoms with Crippen LogP contribution in [0.3, 0.4) is 0 Å². The molecule has 0 unspecified atom stereocenters. The van der Waals surface area contributed by atoms with Crippen molar-refractivity contribution in [2.75, 3.05) is 13.2 Å². The van der Waals surface area contributed by atoms with E-state index in [1.54, 1.807) is 19.1 Å². The van der Waals surface area contributed by atoms with Crippen LogP contribution in [0, 0.1) is 12.7 Å². The molecule has 1 saturated heterocycles. The number of likely N-dealkylation sites (tertiary alicyclic amines) is 1. The third-order valence-corrected chi connectivity index (χ3v) is 4.45. The zero-order chi connectivity index (χ0) is 16.2. The second kappa shape index (κ2) is 7.19. The Bertz CT molecular complexity index is 657. The Morgan fingerprint density at radius 3 is 3.04 bits per heavy atom. The van der Waals surface area contributed by atoms with Crippen LogP contribution in [-0.4, -0.2) is 39.3 Å². The fourth-order valence-electron chi connectivity index (χ4n) is 3.09. The number of hydrogen-bond donors (Lipinski definition) is 1. The van der Waals surface area contributed by atoms with Gasteiger partial charge in [0.25, 0.3) is 0 Å². The molecule has 6 heteroatoms. The zero-order valence-corrected chi connectivity index (χ0v) is 13.3. The Morgan fingerprint density at radius 2 is 2.26 bits per heavy atom. The lowest BCUT2D eigenvalue weighted by atomic mass is 10.00. The van der Waals surface area contributed by atoms with Crippen molar-refractivity contribution >= 4 is 0 Å². The van der Waals surface area contributed by atoms with Gasteiger partial charge >= 0.3 is 0 Å². The first-order valence-electron chi connectivity index (χ1n) is 8.11. The van der Waals surface area contributed by atoms with Crippen LogP contribution in [0.25, 0.3) is 11.4 Å². The van der Waals surface area contributed by atoms with Gasteiger partial charge in [0, 0.05) is 18.2 Å². The third kappa shape index (κ3) is 3.76. The van der Waals surface area contributed by atoms with Gasteiger partial charge in [-0.05, 0) is 44.4 Å². The van der Waals surface area contributed by atoms with Crippen LogP contribution >= 0.6 is 0 Å². The normalized spacial score (nSPS) is 19.2. The van der Waals surface area contributed by atoms with Crippen LogP contribution < -0.4 is 0 Å². The highest BCUT2D eigenvalue weighted by Crippen LogP contribution is 2.23. The van der Waals surface area contributed by atoms with E-state index in [4.69, 9.17) is 4.52 Å². The first-order valence-corrected chi connectivity index (χ1v) is 8.11. The van der Waals surface area contributed by atoms with Crippen molar-refractivity contribution in [3.63, 3.8) is 0 Å². The summed E-state index contributed by atoms with van der Waals surface area (Å²) in [5, 5.41) is 13.2.